The summed E-state index contributed by atoms with van der Waals surface area (Å²) in [5.74, 6) is 1.14. The SMILES string of the molecule is COc1cc2c(cc1OC)C(c1cccc(Cl)c1)N(C(=O)c1ccc(Cl)c(Cl)c1)CC2. The minimum Gasteiger partial charge on any atom is -0.493 e. The van der Waals surface area contributed by atoms with E-state index in [-0.39, 0.29) is 11.9 Å². The Morgan fingerprint density at radius 1 is 0.935 bits per heavy atom. The molecule has 0 saturated heterocycles. The van der Waals surface area contributed by atoms with Crippen molar-refractivity contribution in [3.05, 3.63) is 91.9 Å². The van der Waals surface area contributed by atoms with E-state index in [0.29, 0.717) is 45.1 Å². The summed E-state index contributed by atoms with van der Waals surface area (Å²) in [6.07, 6.45) is 0.680. The largest absolute Gasteiger partial charge is 0.493 e. The van der Waals surface area contributed by atoms with Crippen LogP contribution >= 0.6 is 34.8 Å². The zero-order valence-electron chi connectivity index (χ0n) is 17.0. The normalized spacial score (nSPS) is 15.4. The Labute approximate surface area is 196 Å². The van der Waals surface area contributed by atoms with Crippen molar-refractivity contribution in [2.24, 2.45) is 0 Å². The second kappa shape index (κ2) is 8.99. The lowest BCUT2D eigenvalue weighted by atomic mass is 9.87. The highest BCUT2D eigenvalue weighted by molar-refractivity contribution is 6.42. The number of halogens is 3. The molecule has 0 N–H and O–H groups in total. The Hall–Kier alpha value is -2.40. The fraction of sp³-hybridized carbons (Fsp3) is 0.208. The van der Waals surface area contributed by atoms with Crippen molar-refractivity contribution in [1.82, 2.24) is 4.90 Å². The number of benzene rings is 3. The second-order valence-electron chi connectivity index (χ2n) is 7.24. The van der Waals surface area contributed by atoms with Gasteiger partial charge in [-0.15, -0.1) is 0 Å². The first kappa shape index (κ1) is 21.8. The third kappa shape index (κ3) is 4.20. The van der Waals surface area contributed by atoms with Crippen molar-refractivity contribution in [2.45, 2.75) is 12.5 Å². The summed E-state index contributed by atoms with van der Waals surface area (Å²) >= 11 is 18.5. The summed E-state index contributed by atoms with van der Waals surface area (Å²) in [5.41, 5.74) is 3.46. The summed E-state index contributed by atoms with van der Waals surface area (Å²) < 4.78 is 11.0. The minimum absolute atomic E-state index is 0.135. The number of nitrogens with zero attached hydrogens (tertiary/aromatic N) is 1. The molecule has 1 unspecified atom stereocenters. The molecule has 1 amide bonds. The molecular formula is C24H20Cl3NO3. The van der Waals surface area contributed by atoms with Crippen molar-refractivity contribution in [2.75, 3.05) is 20.8 Å². The molecule has 4 rings (SSSR count). The second-order valence-corrected chi connectivity index (χ2v) is 8.49. The summed E-state index contributed by atoms with van der Waals surface area (Å²) in [7, 11) is 3.21. The number of ether oxygens (including phenoxy) is 2. The number of amides is 1. The van der Waals surface area contributed by atoms with Crippen LogP contribution in [0.15, 0.2) is 54.6 Å². The van der Waals surface area contributed by atoms with E-state index in [1.807, 2.05) is 41.3 Å². The maximum Gasteiger partial charge on any atom is 0.254 e. The molecule has 1 aliphatic heterocycles. The molecule has 160 valence electrons. The molecule has 1 aliphatic rings. The number of hydrogen-bond acceptors (Lipinski definition) is 3. The molecule has 1 atom stereocenters. The predicted molar refractivity (Wildman–Crippen MR) is 124 cm³/mol. The lowest BCUT2D eigenvalue weighted by Gasteiger charge is -2.38. The first-order valence-electron chi connectivity index (χ1n) is 9.69. The number of carbonyl (C=O) groups excluding carboxylic acids is 1. The minimum atomic E-state index is -0.343. The van der Waals surface area contributed by atoms with Gasteiger partial charge in [-0.25, -0.2) is 0 Å². The third-order valence-electron chi connectivity index (χ3n) is 5.47. The van der Waals surface area contributed by atoms with Crippen LogP contribution in [0.4, 0.5) is 0 Å². The molecule has 7 heteroatoms. The zero-order valence-corrected chi connectivity index (χ0v) is 19.3. The van der Waals surface area contributed by atoms with E-state index >= 15 is 0 Å². The molecule has 0 bridgehead atoms. The van der Waals surface area contributed by atoms with E-state index in [1.54, 1.807) is 32.4 Å². The molecule has 4 nitrogen and oxygen atoms in total. The topological polar surface area (TPSA) is 38.8 Å². The Morgan fingerprint density at radius 3 is 2.35 bits per heavy atom. The zero-order chi connectivity index (χ0) is 22.1. The quantitative estimate of drug-likeness (QED) is 0.434. The van der Waals surface area contributed by atoms with E-state index in [1.165, 1.54) is 0 Å². The number of hydrogen-bond donors (Lipinski definition) is 0. The maximum absolute atomic E-state index is 13.6. The van der Waals surface area contributed by atoms with Gasteiger partial charge in [-0.2, -0.15) is 0 Å². The van der Waals surface area contributed by atoms with Crippen LogP contribution in [0, 0.1) is 0 Å². The van der Waals surface area contributed by atoms with Crippen LogP contribution in [0.3, 0.4) is 0 Å². The van der Waals surface area contributed by atoms with Gasteiger partial charge in [0.05, 0.1) is 30.3 Å². The van der Waals surface area contributed by atoms with Crippen molar-refractivity contribution in [1.29, 1.82) is 0 Å². The van der Waals surface area contributed by atoms with Gasteiger partial charge in [0.25, 0.3) is 5.91 Å². The Morgan fingerprint density at radius 2 is 1.68 bits per heavy atom. The summed E-state index contributed by atoms with van der Waals surface area (Å²) in [6, 6.07) is 16.1. The van der Waals surface area contributed by atoms with E-state index in [4.69, 9.17) is 44.3 Å². The van der Waals surface area contributed by atoms with Crippen LogP contribution < -0.4 is 9.47 Å². The van der Waals surface area contributed by atoms with Crippen LogP contribution in [-0.2, 0) is 6.42 Å². The fourth-order valence-electron chi connectivity index (χ4n) is 4.00. The highest BCUT2D eigenvalue weighted by atomic mass is 35.5. The van der Waals surface area contributed by atoms with Crippen molar-refractivity contribution in [3.8, 4) is 11.5 Å². The van der Waals surface area contributed by atoms with Gasteiger partial charge < -0.3 is 14.4 Å². The third-order valence-corrected chi connectivity index (χ3v) is 6.44. The number of carbonyl (C=O) groups is 1. The average molecular weight is 477 g/mol. The molecule has 0 aliphatic carbocycles. The Bertz CT molecular complexity index is 1150. The molecule has 1 heterocycles. The van der Waals surface area contributed by atoms with Crippen LogP contribution in [0.2, 0.25) is 15.1 Å². The average Bonchev–Trinajstić information content (AvgIpc) is 2.78. The molecule has 3 aromatic carbocycles. The van der Waals surface area contributed by atoms with Gasteiger partial charge in [-0.3, -0.25) is 4.79 Å². The van der Waals surface area contributed by atoms with Gasteiger partial charge in [0, 0.05) is 17.1 Å². The van der Waals surface area contributed by atoms with Crippen LogP contribution in [0.1, 0.15) is 33.1 Å². The summed E-state index contributed by atoms with van der Waals surface area (Å²) in [4.78, 5) is 15.4. The standard InChI is InChI=1S/C24H20Cl3NO3/c1-30-21-12-14-8-9-28(24(29)16-6-7-19(26)20(27)11-16)23(18(14)13-22(21)31-2)15-4-3-5-17(25)10-15/h3-7,10-13,23H,8-9H2,1-2H3. The first-order valence-corrected chi connectivity index (χ1v) is 10.8. The molecule has 31 heavy (non-hydrogen) atoms. The van der Waals surface area contributed by atoms with E-state index in [9.17, 15) is 4.79 Å². The lowest BCUT2D eigenvalue weighted by molar-refractivity contribution is 0.0694. The monoisotopic (exact) mass is 475 g/mol. The first-order chi connectivity index (χ1) is 14.9. The fourth-order valence-corrected chi connectivity index (χ4v) is 4.49. The van der Waals surface area contributed by atoms with Crippen molar-refractivity contribution >= 4 is 40.7 Å². The van der Waals surface area contributed by atoms with E-state index in [0.717, 1.165) is 16.7 Å². The van der Waals surface area contributed by atoms with Crippen LogP contribution in [0.25, 0.3) is 0 Å². The number of rotatable bonds is 4. The number of methoxy groups -OCH3 is 2. The molecular weight excluding hydrogens is 457 g/mol. The van der Waals surface area contributed by atoms with Crippen LogP contribution in [-0.4, -0.2) is 31.6 Å². The van der Waals surface area contributed by atoms with Gasteiger partial charge in [-0.1, -0.05) is 46.9 Å². The highest BCUT2D eigenvalue weighted by Crippen LogP contribution is 2.42. The lowest BCUT2D eigenvalue weighted by Crippen LogP contribution is -2.40. The van der Waals surface area contributed by atoms with Gasteiger partial charge in [0.1, 0.15) is 0 Å². The van der Waals surface area contributed by atoms with Crippen molar-refractivity contribution < 1.29 is 14.3 Å². The number of fused-ring (bicyclic) bond motifs is 1. The van der Waals surface area contributed by atoms with Gasteiger partial charge in [-0.05, 0) is 65.6 Å². The van der Waals surface area contributed by atoms with Crippen LogP contribution in [0.5, 0.6) is 11.5 Å². The highest BCUT2D eigenvalue weighted by Gasteiger charge is 2.34. The molecule has 0 saturated carbocycles. The maximum atomic E-state index is 13.6. The molecule has 0 spiro atoms. The molecule has 0 fully saturated rings. The van der Waals surface area contributed by atoms with Gasteiger partial charge >= 0.3 is 0 Å². The Kier molecular flexibility index (Phi) is 6.33. The molecule has 3 aromatic rings. The molecule has 0 aromatic heterocycles. The summed E-state index contributed by atoms with van der Waals surface area (Å²) in [6.45, 7) is 0.527. The molecule has 0 radical (unpaired) electrons. The predicted octanol–water partition coefficient (Wildman–Crippen LogP) is 6.45. The van der Waals surface area contributed by atoms with Gasteiger partial charge in [0.2, 0.25) is 0 Å². The van der Waals surface area contributed by atoms with Gasteiger partial charge in [0.15, 0.2) is 11.5 Å². The van der Waals surface area contributed by atoms with E-state index in [2.05, 4.69) is 0 Å². The van der Waals surface area contributed by atoms with E-state index < -0.39 is 0 Å². The summed E-state index contributed by atoms with van der Waals surface area (Å²) in [5, 5.41) is 1.35. The smallest absolute Gasteiger partial charge is 0.254 e. The van der Waals surface area contributed by atoms with Crippen molar-refractivity contribution in [3.63, 3.8) is 0 Å². The Balaban J connectivity index is 1.86.